The second-order valence-corrected chi connectivity index (χ2v) is 6.32. The van der Waals surface area contributed by atoms with Gasteiger partial charge in [0.15, 0.2) is 0 Å². The molecule has 2 rings (SSSR count). The maximum absolute atomic E-state index is 11.8. The maximum Gasteiger partial charge on any atom is 0.255 e. The van der Waals surface area contributed by atoms with E-state index in [2.05, 4.69) is 37.2 Å². The van der Waals surface area contributed by atoms with Gasteiger partial charge in [-0.05, 0) is 37.0 Å². The molecule has 0 radical (unpaired) electrons. The van der Waals surface area contributed by atoms with E-state index in [1.807, 2.05) is 0 Å². The lowest BCUT2D eigenvalue weighted by Gasteiger charge is -2.10. The predicted octanol–water partition coefficient (Wildman–Crippen LogP) is 3.06. The van der Waals surface area contributed by atoms with E-state index < -0.39 is 0 Å². The smallest absolute Gasteiger partial charge is 0.255 e. The van der Waals surface area contributed by atoms with Gasteiger partial charge in [0, 0.05) is 15.8 Å². The van der Waals surface area contributed by atoms with Crippen LogP contribution in [0, 0.1) is 5.92 Å². The highest BCUT2D eigenvalue weighted by Crippen LogP contribution is 2.36. The van der Waals surface area contributed by atoms with E-state index in [1.165, 1.54) is 18.9 Å². The van der Waals surface area contributed by atoms with Crippen molar-refractivity contribution < 1.29 is 9.90 Å². The van der Waals surface area contributed by atoms with Crippen LogP contribution >= 0.6 is 31.9 Å². The molecule has 0 aromatic heterocycles. The first-order chi connectivity index (χ1) is 8.08. The third kappa shape index (κ3) is 3.45. The number of carbonyl (C=O) groups is 1. The fourth-order valence-corrected chi connectivity index (χ4v) is 2.65. The van der Waals surface area contributed by atoms with E-state index in [0.717, 1.165) is 4.47 Å². The highest BCUT2D eigenvalue weighted by Gasteiger charge is 2.29. The topological polar surface area (TPSA) is 49.3 Å². The summed E-state index contributed by atoms with van der Waals surface area (Å²) in [5, 5.41) is 12.5. The molecule has 1 aromatic rings. The number of phenolic OH excluding ortho intramolecular Hbond substituents is 1. The molecule has 0 saturated heterocycles. The molecule has 3 nitrogen and oxygen atoms in total. The molecule has 92 valence electrons. The van der Waals surface area contributed by atoms with E-state index >= 15 is 0 Å². The number of benzene rings is 1. The van der Waals surface area contributed by atoms with Crippen LogP contribution in [0.3, 0.4) is 0 Å². The van der Waals surface area contributed by atoms with Crippen molar-refractivity contribution in [3.63, 3.8) is 0 Å². The summed E-state index contributed by atoms with van der Waals surface area (Å²) in [5.74, 6) is 0.448. The lowest BCUT2D eigenvalue weighted by molar-refractivity contribution is 0.0951. The largest absolute Gasteiger partial charge is 0.507 e. The van der Waals surface area contributed by atoms with Gasteiger partial charge in [-0.15, -0.1) is 0 Å². The molecule has 1 amide bonds. The average Bonchev–Trinajstić information content (AvgIpc) is 3.09. The molecule has 1 saturated carbocycles. The molecule has 1 unspecified atom stereocenters. The minimum absolute atomic E-state index is 0.00517. The monoisotopic (exact) mass is 361 g/mol. The third-order valence-electron chi connectivity index (χ3n) is 2.80. The first-order valence-corrected chi connectivity index (χ1v) is 7.19. The van der Waals surface area contributed by atoms with Crippen LogP contribution in [-0.4, -0.2) is 22.4 Å². The minimum atomic E-state index is -0.236. The predicted molar refractivity (Wildman–Crippen MR) is 73.6 cm³/mol. The number of halogens is 2. The number of carbonyl (C=O) groups excluding carboxylic acids is 1. The van der Waals surface area contributed by atoms with Gasteiger partial charge in [0.25, 0.3) is 5.91 Å². The van der Waals surface area contributed by atoms with Gasteiger partial charge in [0.1, 0.15) is 5.75 Å². The van der Waals surface area contributed by atoms with Crippen LogP contribution in [-0.2, 0) is 0 Å². The molecule has 5 heteroatoms. The summed E-state index contributed by atoms with van der Waals surface area (Å²) in [7, 11) is 0. The lowest BCUT2D eigenvalue weighted by Crippen LogP contribution is -2.30. The summed E-state index contributed by atoms with van der Waals surface area (Å²) in [4.78, 5) is 12.2. The Balaban J connectivity index is 1.94. The highest BCUT2D eigenvalue weighted by atomic mass is 79.9. The standard InChI is InChI=1S/C12H13Br2NO2/c13-8-3-4-9(11(16)5-8)12(17)15-6-10(14)7-1-2-7/h3-5,7,10,16H,1-2,6H2,(H,15,17). The Morgan fingerprint density at radius 2 is 2.24 bits per heavy atom. The summed E-state index contributed by atoms with van der Waals surface area (Å²) < 4.78 is 0.753. The van der Waals surface area contributed by atoms with Crippen molar-refractivity contribution in [1.29, 1.82) is 0 Å². The molecule has 1 atom stereocenters. The van der Waals surface area contributed by atoms with Crippen LogP contribution in [0.25, 0.3) is 0 Å². The van der Waals surface area contributed by atoms with Crippen LogP contribution in [0.5, 0.6) is 5.75 Å². The van der Waals surface area contributed by atoms with Gasteiger partial charge in [-0.25, -0.2) is 0 Å². The normalized spacial score (nSPS) is 16.6. The van der Waals surface area contributed by atoms with E-state index in [9.17, 15) is 9.90 Å². The Bertz CT molecular complexity index is 433. The third-order valence-corrected chi connectivity index (χ3v) is 4.36. The first kappa shape index (κ1) is 12.9. The Morgan fingerprint density at radius 3 is 2.82 bits per heavy atom. The van der Waals surface area contributed by atoms with Gasteiger partial charge in [-0.1, -0.05) is 31.9 Å². The molecule has 0 aliphatic heterocycles. The van der Waals surface area contributed by atoms with Crippen molar-refractivity contribution in [2.75, 3.05) is 6.54 Å². The molecule has 1 fully saturated rings. The summed E-state index contributed by atoms with van der Waals surface area (Å²) in [6.45, 7) is 0.596. The van der Waals surface area contributed by atoms with Crippen LogP contribution in [0.1, 0.15) is 23.2 Å². The summed E-state index contributed by atoms with van der Waals surface area (Å²) in [5.41, 5.74) is 0.309. The molecule has 1 aromatic carbocycles. The minimum Gasteiger partial charge on any atom is -0.507 e. The Morgan fingerprint density at radius 1 is 1.53 bits per heavy atom. The van der Waals surface area contributed by atoms with Crippen molar-refractivity contribution in [3.8, 4) is 5.75 Å². The molecule has 0 spiro atoms. The van der Waals surface area contributed by atoms with Crippen LogP contribution in [0.15, 0.2) is 22.7 Å². The number of rotatable bonds is 4. The van der Waals surface area contributed by atoms with E-state index in [-0.39, 0.29) is 11.7 Å². The fraction of sp³-hybridized carbons (Fsp3) is 0.417. The number of aromatic hydroxyl groups is 1. The van der Waals surface area contributed by atoms with Crippen molar-refractivity contribution in [2.45, 2.75) is 17.7 Å². The van der Waals surface area contributed by atoms with E-state index in [0.29, 0.717) is 22.9 Å². The molecule has 0 bridgehead atoms. The summed E-state index contributed by atoms with van der Waals surface area (Å²) in [6, 6.07) is 4.86. The molecular weight excluding hydrogens is 350 g/mol. The van der Waals surface area contributed by atoms with Gasteiger partial charge < -0.3 is 10.4 Å². The van der Waals surface area contributed by atoms with Gasteiger partial charge in [0.2, 0.25) is 0 Å². The van der Waals surface area contributed by atoms with E-state index in [4.69, 9.17) is 0 Å². The molecule has 2 N–H and O–H groups in total. The SMILES string of the molecule is O=C(NCC(Br)C1CC1)c1ccc(Br)cc1O. The number of hydrogen-bond donors (Lipinski definition) is 2. The van der Waals surface area contributed by atoms with Gasteiger partial charge >= 0.3 is 0 Å². The van der Waals surface area contributed by atoms with Crippen molar-refractivity contribution in [3.05, 3.63) is 28.2 Å². The molecule has 1 aliphatic carbocycles. The van der Waals surface area contributed by atoms with Gasteiger partial charge in [-0.2, -0.15) is 0 Å². The summed E-state index contributed by atoms with van der Waals surface area (Å²) >= 11 is 6.79. The lowest BCUT2D eigenvalue weighted by atomic mass is 10.2. The van der Waals surface area contributed by atoms with Crippen molar-refractivity contribution in [1.82, 2.24) is 5.32 Å². The van der Waals surface area contributed by atoms with Crippen LogP contribution in [0.4, 0.5) is 0 Å². The zero-order valence-electron chi connectivity index (χ0n) is 9.12. The number of alkyl halides is 1. The highest BCUT2D eigenvalue weighted by molar-refractivity contribution is 9.10. The van der Waals surface area contributed by atoms with Gasteiger partial charge in [0.05, 0.1) is 5.56 Å². The molecule has 1 aliphatic rings. The first-order valence-electron chi connectivity index (χ1n) is 5.48. The summed E-state index contributed by atoms with van der Waals surface area (Å²) in [6.07, 6.45) is 2.46. The van der Waals surface area contributed by atoms with Gasteiger partial charge in [-0.3, -0.25) is 4.79 Å². The molecule has 0 heterocycles. The Kier molecular flexibility index (Phi) is 4.09. The second-order valence-electron chi connectivity index (χ2n) is 4.22. The van der Waals surface area contributed by atoms with Crippen molar-refractivity contribution in [2.24, 2.45) is 5.92 Å². The Labute approximate surface area is 117 Å². The zero-order chi connectivity index (χ0) is 12.4. The molecule has 17 heavy (non-hydrogen) atoms. The second kappa shape index (κ2) is 5.40. The van der Waals surface area contributed by atoms with Crippen LogP contribution in [0.2, 0.25) is 0 Å². The fourth-order valence-electron chi connectivity index (χ4n) is 1.61. The quantitative estimate of drug-likeness (QED) is 0.808. The molecular formula is C12H13Br2NO2. The van der Waals surface area contributed by atoms with E-state index in [1.54, 1.807) is 12.1 Å². The number of hydrogen-bond acceptors (Lipinski definition) is 2. The number of nitrogens with one attached hydrogen (secondary N) is 1. The number of phenols is 1. The maximum atomic E-state index is 11.8. The Hall–Kier alpha value is -0.550. The van der Waals surface area contributed by atoms with Crippen molar-refractivity contribution >= 4 is 37.8 Å². The zero-order valence-corrected chi connectivity index (χ0v) is 12.3. The average molecular weight is 363 g/mol. The van der Waals surface area contributed by atoms with Crippen LogP contribution < -0.4 is 5.32 Å². The number of amides is 1.